The van der Waals surface area contributed by atoms with Crippen LogP contribution >= 0.6 is 0 Å². The average molecular weight is 264 g/mol. The van der Waals surface area contributed by atoms with Crippen LogP contribution < -0.4 is 0 Å². The molecular weight excluding hydrogens is 241 g/mol. The first-order valence-corrected chi connectivity index (χ1v) is 12.8. The summed E-state index contributed by atoms with van der Waals surface area (Å²) in [7, 11) is 4.43. The van der Waals surface area contributed by atoms with E-state index in [0.717, 1.165) is 0 Å². The molecule has 0 fully saturated rings. The van der Waals surface area contributed by atoms with Gasteiger partial charge in [-0.2, -0.15) is 0 Å². The minimum atomic E-state index is -1.59. The molecule has 0 aliphatic heterocycles. The fourth-order valence-electron chi connectivity index (χ4n) is 1.76. The number of hydrogen-bond donors (Lipinski definition) is 0. The molecule has 0 saturated carbocycles. The van der Waals surface area contributed by atoms with Crippen molar-refractivity contribution in [1.29, 1.82) is 0 Å². The first kappa shape index (κ1) is 11.8. The second-order valence-electron chi connectivity index (χ2n) is 3.80. The fraction of sp³-hybridized carbons (Fsp3) is 1.00. The van der Waals surface area contributed by atoms with Crippen molar-refractivity contribution in [2.75, 3.05) is 18.7 Å². The summed E-state index contributed by atoms with van der Waals surface area (Å²) in [5.74, 6) is 0. The maximum atomic E-state index is 2.40. The summed E-state index contributed by atoms with van der Waals surface area (Å²) in [5, 5.41) is 0. The van der Waals surface area contributed by atoms with Crippen LogP contribution in [0.5, 0.6) is 0 Å². The predicted octanol–water partition coefficient (Wildman–Crippen LogP) is 2.60. The van der Waals surface area contributed by atoms with E-state index in [2.05, 4.69) is 39.8 Å². The first-order chi connectivity index (χ1) is 5.10. The Labute approximate surface area is 76.0 Å². The van der Waals surface area contributed by atoms with Gasteiger partial charge in [-0.05, 0) is 0 Å². The number of rotatable bonds is 5. The summed E-state index contributed by atoms with van der Waals surface area (Å²) in [6.07, 6.45) is 0. The molecule has 0 amide bonds. The van der Waals surface area contributed by atoms with E-state index in [0.29, 0.717) is 0 Å². The van der Waals surface area contributed by atoms with Crippen molar-refractivity contribution in [1.82, 2.24) is 4.90 Å². The van der Waals surface area contributed by atoms with Crippen molar-refractivity contribution in [3.63, 3.8) is 0 Å². The molecule has 0 aromatic carbocycles. The Kier molecular flexibility index (Phi) is 5.79. The summed E-state index contributed by atoms with van der Waals surface area (Å²) in [4.78, 5) is 2.40. The summed E-state index contributed by atoms with van der Waals surface area (Å²) >= 11 is -1.59. The van der Waals surface area contributed by atoms with E-state index in [-0.39, 0.29) is 0 Å². The molecule has 0 aromatic rings. The molecular formula is C9H23NSn. The van der Waals surface area contributed by atoms with Crippen molar-refractivity contribution >= 4 is 18.4 Å². The van der Waals surface area contributed by atoms with Gasteiger partial charge in [0.2, 0.25) is 0 Å². The Morgan fingerprint density at radius 3 is 1.36 bits per heavy atom. The molecule has 11 heavy (non-hydrogen) atoms. The van der Waals surface area contributed by atoms with Gasteiger partial charge in [-0.15, -0.1) is 0 Å². The van der Waals surface area contributed by atoms with Gasteiger partial charge in [0.1, 0.15) is 0 Å². The van der Waals surface area contributed by atoms with Crippen LogP contribution in [0.25, 0.3) is 0 Å². The zero-order valence-electron chi connectivity index (χ0n) is 8.78. The first-order valence-electron chi connectivity index (χ1n) is 4.75. The van der Waals surface area contributed by atoms with E-state index >= 15 is 0 Å². The van der Waals surface area contributed by atoms with Crippen molar-refractivity contribution in [2.24, 2.45) is 0 Å². The second-order valence-corrected chi connectivity index (χ2v) is 19.3. The summed E-state index contributed by atoms with van der Waals surface area (Å²) in [5.41, 5.74) is 0. The molecule has 0 aromatic heterocycles. The fourth-order valence-corrected chi connectivity index (χ4v) is 11.8. The van der Waals surface area contributed by atoms with Gasteiger partial charge >= 0.3 is 76.0 Å². The monoisotopic (exact) mass is 265 g/mol. The van der Waals surface area contributed by atoms with Gasteiger partial charge in [-0.3, -0.25) is 0 Å². The maximum absolute atomic E-state index is 2.40. The topological polar surface area (TPSA) is 3.24 Å². The molecule has 0 aliphatic rings. The Balaban J connectivity index is 4.05. The van der Waals surface area contributed by atoms with Crippen LogP contribution in [0.3, 0.4) is 0 Å². The molecule has 0 radical (unpaired) electrons. The molecule has 2 heteroatoms. The van der Waals surface area contributed by atoms with E-state index in [1.807, 2.05) is 0 Å². The second kappa shape index (κ2) is 5.41. The van der Waals surface area contributed by atoms with Crippen LogP contribution in [-0.4, -0.2) is 41.9 Å². The molecule has 0 heterocycles. The standard InChI is InChI=1S/C3H8N.3C2H5.Sn/c1-4(2)3;3*1-2;/h1H2,2-3H3;3*1H2,2H3;. The third kappa shape index (κ3) is 3.79. The van der Waals surface area contributed by atoms with Gasteiger partial charge in [-0.1, -0.05) is 0 Å². The molecule has 0 N–H and O–H groups in total. The van der Waals surface area contributed by atoms with E-state index in [1.54, 1.807) is 0 Å². The van der Waals surface area contributed by atoms with Crippen molar-refractivity contribution in [2.45, 2.75) is 34.1 Å². The van der Waals surface area contributed by atoms with Crippen LogP contribution in [-0.2, 0) is 0 Å². The van der Waals surface area contributed by atoms with Crippen LogP contribution in [0.4, 0.5) is 0 Å². The molecule has 0 unspecified atom stereocenters. The van der Waals surface area contributed by atoms with Crippen molar-refractivity contribution < 1.29 is 0 Å². The zero-order chi connectivity index (χ0) is 8.91. The molecule has 0 saturated heterocycles. The van der Waals surface area contributed by atoms with Crippen LogP contribution in [0.15, 0.2) is 0 Å². The third-order valence-corrected chi connectivity index (χ3v) is 19.5. The van der Waals surface area contributed by atoms with Gasteiger partial charge < -0.3 is 0 Å². The number of hydrogen-bond acceptors (Lipinski definition) is 1. The van der Waals surface area contributed by atoms with Crippen molar-refractivity contribution in [3.8, 4) is 0 Å². The van der Waals surface area contributed by atoms with E-state index < -0.39 is 18.4 Å². The Morgan fingerprint density at radius 2 is 1.27 bits per heavy atom. The normalized spacial score (nSPS) is 12.5. The van der Waals surface area contributed by atoms with E-state index in [4.69, 9.17) is 0 Å². The SMILES string of the molecule is C[CH2][Sn]([CH2]C)([CH2]C)[CH2]N(C)C. The molecule has 68 valence electrons. The van der Waals surface area contributed by atoms with E-state index in [9.17, 15) is 0 Å². The van der Waals surface area contributed by atoms with Gasteiger partial charge in [0, 0.05) is 0 Å². The number of nitrogens with zero attached hydrogens (tertiary/aromatic N) is 1. The Hall–Kier alpha value is 0.759. The van der Waals surface area contributed by atoms with Gasteiger partial charge in [0.15, 0.2) is 0 Å². The summed E-state index contributed by atoms with van der Waals surface area (Å²) in [6.45, 7) is 7.19. The molecule has 1 nitrogen and oxygen atoms in total. The van der Waals surface area contributed by atoms with E-state index in [1.165, 1.54) is 17.9 Å². The summed E-state index contributed by atoms with van der Waals surface area (Å²) in [6, 6.07) is 0. The van der Waals surface area contributed by atoms with Crippen LogP contribution in [0.1, 0.15) is 20.8 Å². The Morgan fingerprint density at radius 1 is 0.909 bits per heavy atom. The Bertz CT molecular complexity index is 89.5. The molecule has 0 spiro atoms. The third-order valence-electron chi connectivity index (χ3n) is 2.90. The zero-order valence-corrected chi connectivity index (χ0v) is 11.6. The van der Waals surface area contributed by atoms with Gasteiger partial charge in [-0.25, -0.2) is 0 Å². The molecule has 0 atom stereocenters. The van der Waals surface area contributed by atoms with Gasteiger partial charge in [0.05, 0.1) is 0 Å². The molecule has 0 bridgehead atoms. The quantitative estimate of drug-likeness (QED) is 0.690. The average Bonchev–Trinajstić information content (AvgIpc) is 2.00. The van der Waals surface area contributed by atoms with Gasteiger partial charge in [0.25, 0.3) is 0 Å². The van der Waals surface area contributed by atoms with Crippen LogP contribution in [0.2, 0.25) is 13.3 Å². The molecule has 0 aliphatic carbocycles. The van der Waals surface area contributed by atoms with Crippen LogP contribution in [0, 0.1) is 0 Å². The summed E-state index contributed by atoms with van der Waals surface area (Å²) < 4.78 is 5.98. The predicted molar refractivity (Wildman–Crippen MR) is 55.8 cm³/mol. The van der Waals surface area contributed by atoms with Crippen molar-refractivity contribution in [3.05, 3.63) is 0 Å². The molecule has 0 rings (SSSR count). The minimum absolute atomic E-state index is 1.44.